The van der Waals surface area contributed by atoms with Gasteiger partial charge in [0, 0.05) is 6.54 Å². The SMILES string of the molecule is CCCNC(=O)C(C)F. The fraction of sp³-hybridized carbons (Fsp3) is 0.833. The van der Waals surface area contributed by atoms with Crippen molar-refractivity contribution in [2.45, 2.75) is 26.4 Å². The van der Waals surface area contributed by atoms with Crippen molar-refractivity contribution >= 4 is 5.91 Å². The van der Waals surface area contributed by atoms with Gasteiger partial charge in [0.15, 0.2) is 6.17 Å². The molecule has 54 valence electrons. The van der Waals surface area contributed by atoms with Crippen LogP contribution in [0.2, 0.25) is 0 Å². The van der Waals surface area contributed by atoms with Gasteiger partial charge in [-0.25, -0.2) is 4.39 Å². The Morgan fingerprint density at radius 2 is 2.33 bits per heavy atom. The highest BCUT2D eigenvalue weighted by molar-refractivity contribution is 5.79. The lowest BCUT2D eigenvalue weighted by atomic mass is 10.4. The van der Waals surface area contributed by atoms with Gasteiger partial charge in [-0.3, -0.25) is 4.79 Å². The van der Waals surface area contributed by atoms with E-state index >= 15 is 0 Å². The number of carbonyl (C=O) groups is 1. The molecule has 0 aliphatic carbocycles. The standard InChI is InChI=1S/C6H12FNO/c1-3-4-8-6(9)5(2)7/h5H,3-4H2,1-2H3,(H,8,9). The highest BCUT2D eigenvalue weighted by Crippen LogP contribution is 1.86. The predicted molar refractivity (Wildman–Crippen MR) is 33.9 cm³/mol. The summed E-state index contributed by atoms with van der Waals surface area (Å²) in [4.78, 5) is 10.4. The van der Waals surface area contributed by atoms with Crippen LogP contribution in [-0.2, 0) is 4.79 Å². The van der Waals surface area contributed by atoms with Crippen molar-refractivity contribution < 1.29 is 9.18 Å². The van der Waals surface area contributed by atoms with Gasteiger partial charge in [-0.05, 0) is 13.3 Å². The largest absolute Gasteiger partial charge is 0.354 e. The molecule has 0 radical (unpaired) electrons. The Morgan fingerprint density at radius 1 is 1.78 bits per heavy atom. The fourth-order valence-corrected chi connectivity index (χ4v) is 0.389. The molecule has 0 aromatic carbocycles. The van der Waals surface area contributed by atoms with E-state index in [0.717, 1.165) is 6.42 Å². The molecule has 0 aliphatic heterocycles. The number of hydrogen-bond donors (Lipinski definition) is 1. The fourth-order valence-electron chi connectivity index (χ4n) is 0.389. The van der Waals surface area contributed by atoms with E-state index in [4.69, 9.17) is 0 Å². The van der Waals surface area contributed by atoms with Gasteiger partial charge in [0.05, 0.1) is 0 Å². The molecular weight excluding hydrogens is 121 g/mol. The van der Waals surface area contributed by atoms with E-state index in [1.165, 1.54) is 6.92 Å². The molecule has 0 saturated carbocycles. The van der Waals surface area contributed by atoms with Crippen molar-refractivity contribution in [3.05, 3.63) is 0 Å². The Kier molecular flexibility index (Phi) is 4.01. The van der Waals surface area contributed by atoms with Gasteiger partial charge < -0.3 is 5.32 Å². The van der Waals surface area contributed by atoms with Crippen LogP contribution in [0.5, 0.6) is 0 Å². The Morgan fingerprint density at radius 3 is 2.67 bits per heavy atom. The van der Waals surface area contributed by atoms with Crippen LogP contribution in [0.1, 0.15) is 20.3 Å². The maximum absolute atomic E-state index is 12.0. The second-order valence-corrected chi connectivity index (χ2v) is 1.91. The van der Waals surface area contributed by atoms with Crippen LogP contribution in [0.25, 0.3) is 0 Å². The summed E-state index contributed by atoms with van der Waals surface area (Å²) in [5, 5.41) is 2.42. The second-order valence-electron chi connectivity index (χ2n) is 1.91. The maximum Gasteiger partial charge on any atom is 0.254 e. The zero-order valence-electron chi connectivity index (χ0n) is 5.78. The normalized spacial score (nSPS) is 12.8. The van der Waals surface area contributed by atoms with E-state index in [2.05, 4.69) is 5.32 Å². The first-order valence-electron chi connectivity index (χ1n) is 3.10. The summed E-state index contributed by atoms with van der Waals surface area (Å²) < 4.78 is 12.0. The third-order valence-corrected chi connectivity index (χ3v) is 0.911. The molecule has 9 heavy (non-hydrogen) atoms. The number of halogens is 1. The number of alkyl halides is 1. The number of nitrogens with one attached hydrogen (secondary N) is 1. The Balaban J connectivity index is 3.28. The molecule has 0 fully saturated rings. The van der Waals surface area contributed by atoms with Gasteiger partial charge in [-0.2, -0.15) is 0 Å². The molecule has 0 rings (SSSR count). The molecule has 2 nitrogen and oxygen atoms in total. The van der Waals surface area contributed by atoms with Crippen LogP contribution in [0.4, 0.5) is 4.39 Å². The predicted octanol–water partition coefficient (Wildman–Crippen LogP) is 0.871. The van der Waals surface area contributed by atoms with Crippen molar-refractivity contribution in [1.82, 2.24) is 5.32 Å². The molecule has 1 amide bonds. The van der Waals surface area contributed by atoms with E-state index in [0.29, 0.717) is 6.54 Å². The van der Waals surface area contributed by atoms with Crippen LogP contribution >= 0.6 is 0 Å². The lowest BCUT2D eigenvalue weighted by molar-refractivity contribution is -0.125. The number of carbonyl (C=O) groups excluding carboxylic acids is 1. The maximum atomic E-state index is 12.0. The molecule has 1 N–H and O–H groups in total. The minimum Gasteiger partial charge on any atom is -0.354 e. The van der Waals surface area contributed by atoms with Crippen LogP contribution in [0.15, 0.2) is 0 Å². The molecule has 0 aliphatic rings. The number of hydrogen-bond acceptors (Lipinski definition) is 1. The zero-order valence-corrected chi connectivity index (χ0v) is 5.78. The number of amides is 1. The van der Waals surface area contributed by atoms with Crippen LogP contribution < -0.4 is 5.32 Å². The summed E-state index contributed by atoms with van der Waals surface area (Å²) in [5.74, 6) is -0.517. The molecular formula is C6H12FNO. The molecule has 0 spiro atoms. The third kappa shape index (κ3) is 3.94. The van der Waals surface area contributed by atoms with E-state index in [1.807, 2.05) is 6.92 Å². The van der Waals surface area contributed by atoms with Crippen molar-refractivity contribution in [3.63, 3.8) is 0 Å². The highest BCUT2D eigenvalue weighted by Gasteiger charge is 2.07. The van der Waals surface area contributed by atoms with Crippen molar-refractivity contribution in [3.8, 4) is 0 Å². The molecule has 0 aromatic heterocycles. The van der Waals surface area contributed by atoms with Gasteiger partial charge in [0.1, 0.15) is 0 Å². The highest BCUT2D eigenvalue weighted by atomic mass is 19.1. The molecule has 3 heteroatoms. The average Bonchev–Trinajstić information content (AvgIpc) is 1.82. The van der Waals surface area contributed by atoms with Crippen molar-refractivity contribution in [1.29, 1.82) is 0 Å². The Labute approximate surface area is 54.4 Å². The summed E-state index contributed by atoms with van der Waals surface area (Å²) in [5.41, 5.74) is 0. The van der Waals surface area contributed by atoms with E-state index in [-0.39, 0.29) is 0 Å². The van der Waals surface area contributed by atoms with Crippen LogP contribution in [-0.4, -0.2) is 18.6 Å². The minimum atomic E-state index is -1.38. The molecule has 1 atom stereocenters. The molecule has 0 saturated heterocycles. The Hall–Kier alpha value is -0.600. The van der Waals surface area contributed by atoms with Gasteiger partial charge in [-0.15, -0.1) is 0 Å². The van der Waals surface area contributed by atoms with Crippen LogP contribution in [0.3, 0.4) is 0 Å². The van der Waals surface area contributed by atoms with E-state index in [9.17, 15) is 9.18 Å². The van der Waals surface area contributed by atoms with Gasteiger partial charge in [-0.1, -0.05) is 6.92 Å². The second kappa shape index (κ2) is 4.30. The van der Waals surface area contributed by atoms with Crippen molar-refractivity contribution in [2.75, 3.05) is 6.54 Å². The molecule has 0 aromatic rings. The summed E-state index contributed by atoms with van der Waals surface area (Å²) in [6, 6.07) is 0. The monoisotopic (exact) mass is 133 g/mol. The first kappa shape index (κ1) is 8.40. The van der Waals surface area contributed by atoms with E-state index < -0.39 is 12.1 Å². The first-order valence-corrected chi connectivity index (χ1v) is 3.10. The Bertz CT molecular complexity index is 93.1. The summed E-state index contributed by atoms with van der Waals surface area (Å²) >= 11 is 0. The summed E-state index contributed by atoms with van der Waals surface area (Å²) in [7, 11) is 0. The number of rotatable bonds is 3. The van der Waals surface area contributed by atoms with Crippen LogP contribution in [0, 0.1) is 0 Å². The summed E-state index contributed by atoms with van der Waals surface area (Å²) in [6.45, 7) is 3.71. The van der Waals surface area contributed by atoms with Gasteiger partial charge in [0.2, 0.25) is 0 Å². The molecule has 1 unspecified atom stereocenters. The topological polar surface area (TPSA) is 29.1 Å². The summed E-state index contributed by atoms with van der Waals surface area (Å²) in [6.07, 6.45) is -0.533. The smallest absolute Gasteiger partial charge is 0.254 e. The zero-order chi connectivity index (χ0) is 7.28. The minimum absolute atomic E-state index is 0.517. The molecule has 0 heterocycles. The third-order valence-electron chi connectivity index (χ3n) is 0.911. The van der Waals surface area contributed by atoms with Gasteiger partial charge >= 0.3 is 0 Å². The van der Waals surface area contributed by atoms with Crippen molar-refractivity contribution in [2.24, 2.45) is 0 Å². The first-order chi connectivity index (χ1) is 4.18. The quantitative estimate of drug-likeness (QED) is 0.608. The van der Waals surface area contributed by atoms with Gasteiger partial charge in [0.25, 0.3) is 5.91 Å². The molecule has 0 bridgehead atoms. The average molecular weight is 133 g/mol. The lowest BCUT2D eigenvalue weighted by Crippen LogP contribution is -2.30. The lowest BCUT2D eigenvalue weighted by Gasteiger charge is -2.01. The van der Waals surface area contributed by atoms with E-state index in [1.54, 1.807) is 0 Å².